The number of anilines is 1. The Morgan fingerprint density at radius 2 is 2.13 bits per heavy atom. The number of hydrogen-bond acceptors (Lipinski definition) is 4. The predicted molar refractivity (Wildman–Crippen MR) is 52.6 cm³/mol. The SMILES string of the molecule is O=C(Nc1ccon1)c1ccccc1O. The standard InChI is InChI=1S/C10H8N2O3/c13-8-4-2-1-3-7(8)10(14)11-9-5-6-15-12-9/h1-6,13H,(H,11,12,14). The minimum Gasteiger partial charge on any atom is -0.507 e. The fourth-order valence-corrected chi connectivity index (χ4v) is 1.13. The van der Waals surface area contributed by atoms with Gasteiger partial charge in [-0.1, -0.05) is 17.3 Å². The van der Waals surface area contributed by atoms with Crippen LogP contribution in [0, 0.1) is 0 Å². The zero-order chi connectivity index (χ0) is 10.7. The fraction of sp³-hybridized carbons (Fsp3) is 0. The van der Waals surface area contributed by atoms with Crippen molar-refractivity contribution in [3.05, 3.63) is 42.2 Å². The minimum atomic E-state index is -0.429. The highest BCUT2D eigenvalue weighted by Crippen LogP contribution is 2.16. The van der Waals surface area contributed by atoms with Crippen molar-refractivity contribution in [2.75, 3.05) is 5.32 Å². The Labute approximate surface area is 85.3 Å². The number of phenols is 1. The van der Waals surface area contributed by atoms with Crippen molar-refractivity contribution < 1.29 is 14.4 Å². The molecule has 0 atom stereocenters. The van der Waals surface area contributed by atoms with Crippen molar-refractivity contribution in [3.63, 3.8) is 0 Å². The maximum absolute atomic E-state index is 11.6. The summed E-state index contributed by atoms with van der Waals surface area (Å²) in [6, 6.07) is 7.78. The number of aromatic nitrogens is 1. The lowest BCUT2D eigenvalue weighted by atomic mass is 10.2. The van der Waals surface area contributed by atoms with E-state index in [0.29, 0.717) is 5.82 Å². The molecular formula is C10H8N2O3. The van der Waals surface area contributed by atoms with Gasteiger partial charge in [0.2, 0.25) is 0 Å². The van der Waals surface area contributed by atoms with Gasteiger partial charge in [-0.05, 0) is 12.1 Å². The Morgan fingerprint density at radius 3 is 2.80 bits per heavy atom. The summed E-state index contributed by atoms with van der Waals surface area (Å²) in [5.41, 5.74) is 0.195. The van der Waals surface area contributed by atoms with Gasteiger partial charge >= 0.3 is 0 Å². The van der Waals surface area contributed by atoms with E-state index in [1.54, 1.807) is 12.1 Å². The van der Waals surface area contributed by atoms with Crippen molar-refractivity contribution in [2.24, 2.45) is 0 Å². The van der Waals surface area contributed by atoms with Crippen molar-refractivity contribution in [1.82, 2.24) is 5.16 Å². The largest absolute Gasteiger partial charge is 0.507 e. The lowest BCUT2D eigenvalue weighted by Crippen LogP contribution is -2.12. The molecule has 0 bridgehead atoms. The fourth-order valence-electron chi connectivity index (χ4n) is 1.13. The second-order valence-corrected chi connectivity index (χ2v) is 2.86. The number of nitrogens with one attached hydrogen (secondary N) is 1. The van der Waals surface area contributed by atoms with E-state index in [1.807, 2.05) is 0 Å². The van der Waals surface area contributed by atoms with Crippen LogP contribution in [0.2, 0.25) is 0 Å². The second kappa shape index (κ2) is 3.83. The number of rotatable bonds is 2. The summed E-state index contributed by atoms with van der Waals surface area (Å²) in [6.45, 7) is 0. The molecule has 0 saturated carbocycles. The topological polar surface area (TPSA) is 75.4 Å². The van der Waals surface area contributed by atoms with E-state index in [4.69, 9.17) is 0 Å². The maximum Gasteiger partial charge on any atom is 0.260 e. The maximum atomic E-state index is 11.6. The van der Waals surface area contributed by atoms with Crippen molar-refractivity contribution in [2.45, 2.75) is 0 Å². The number of para-hydroxylation sites is 1. The molecule has 76 valence electrons. The molecule has 0 unspecified atom stereocenters. The number of phenolic OH excluding ortho intramolecular Hbond substituents is 1. The van der Waals surface area contributed by atoms with Gasteiger partial charge in [-0.25, -0.2) is 0 Å². The van der Waals surface area contributed by atoms with E-state index in [9.17, 15) is 9.90 Å². The first-order valence-corrected chi connectivity index (χ1v) is 4.27. The number of hydrogen-bond donors (Lipinski definition) is 2. The third kappa shape index (κ3) is 1.96. The molecule has 2 rings (SSSR count). The first-order chi connectivity index (χ1) is 7.27. The van der Waals surface area contributed by atoms with Gasteiger partial charge in [0.15, 0.2) is 5.82 Å². The van der Waals surface area contributed by atoms with Crippen LogP contribution in [0.3, 0.4) is 0 Å². The summed E-state index contributed by atoms with van der Waals surface area (Å²) in [5.74, 6) is -0.191. The number of carbonyl (C=O) groups is 1. The molecule has 1 aromatic heterocycles. The summed E-state index contributed by atoms with van der Waals surface area (Å²) in [5, 5.41) is 15.4. The van der Waals surface area contributed by atoms with Gasteiger partial charge in [-0.2, -0.15) is 0 Å². The van der Waals surface area contributed by atoms with Crippen LogP contribution in [0.4, 0.5) is 5.82 Å². The molecule has 5 nitrogen and oxygen atoms in total. The molecule has 0 fully saturated rings. The number of carbonyl (C=O) groups excluding carboxylic acids is 1. The van der Waals surface area contributed by atoms with Crippen LogP contribution in [0.1, 0.15) is 10.4 Å². The van der Waals surface area contributed by atoms with Gasteiger partial charge in [-0.3, -0.25) is 4.79 Å². The molecule has 2 N–H and O–H groups in total. The third-order valence-electron chi connectivity index (χ3n) is 1.83. The summed E-state index contributed by atoms with van der Waals surface area (Å²) in [6.07, 6.45) is 1.35. The van der Waals surface area contributed by atoms with Gasteiger partial charge < -0.3 is 14.9 Å². The minimum absolute atomic E-state index is 0.0708. The molecule has 0 aliphatic carbocycles. The van der Waals surface area contributed by atoms with Gasteiger partial charge in [0.05, 0.1) is 5.56 Å². The molecule has 2 aromatic rings. The van der Waals surface area contributed by atoms with Crippen LogP contribution in [-0.4, -0.2) is 16.2 Å². The lowest BCUT2D eigenvalue weighted by Gasteiger charge is -2.02. The summed E-state index contributed by atoms with van der Waals surface area (Å²) >= 11 is 0. The molecule has 0 spiro atoms. The van der Waals surface area contributed by atoms with Gasteiger partial charge in [0.25, 0.3) is 5.91 Å². The summed E-state index contributed by atoms with van der Waals surface area (Å²) in [4.78, 5) is 11.6. The Balaban J connectivity index is 2.19. The van der Waals surface area contributed by atoms with Gasteiger partial charge in [0.1, 0.15) is 12.0 Å². The average molecular weight is 204 g/mol. The number of aromatic hydroxyl groups is 1. The van der Waals surface area contributed by atoms with E-state index in [-0.39, 0.29) is 11.3 Å². The Morgan fingerprint density at radius 1 is 1.33 bits per heavy atom. The van der Waals surface area contributed by atoms with E-state index in [2.05, 4.69) is 15.0 Å². The van der Waals surface area contributed by atoms with Crippen molar-refractivity contribution in [1.29, 1.82) is 0 Å². The Hall–Kier alpha value is -2.30. The Kier molecular flexibility index (Phi) is 2.37. The zero-order valence-corrected chi connectivity index (χ0v) is 7.68. The van der Waals surface area contributed by atoms with E-state index in [0.717, 1.165) is 0 Å². The average Bonchev–Trinajstić information content (AvgIpc) is 2.71. The molecule has 5 heteroatoms. The number of nitrogens with zero attached hydrogens (tertiary/aromatic N) is 1. The first-order valence-electron chi connectivity index (χ1n) is 4.27. The van der Waals surface area contributed by atoms with Crippen LogP contribution in [0.25, 0.3) is 0 Å². The second-order valence-electron chi connectivity index (χ2n) is 2.86. The van der Waals surface area contributed by atoms with E-state index >= 15 is 0 Å². The van der Waals surface area contributed by atoms with Crippen LogP contribution in [-0.2, 0) is 0 Å². The predicted octanol–water partition coefficient (Wildman–Crippen LogP) is 1.63. The molecular weight excluding hydrogens is 196 g/mol. The highest BCUT2D eigenvalue weighted by molar-refractivity contribution is 6.05. The van der Waals surface area contributed by atoms with Crippen LogP contribution < -0.4 is 5.32 Å². The third-order valence-corrected chi connectivity index (χ3v) is 1.83. The van der Waals surface area contributed by atoms with Gasteiger partial charge in [-0.15, -0.1) is 0 Å². The molecule has 1 aromatic carbocycles. The van der Waals surface area contributed by atoms with Crippen LogP contribution in [0.5, 0.6) is 5.75 Å². The Bertz CT molecular complexity index is 465. The van der Waals surface area contributed by atoms with Crippen LogP contribution in [0.15, 0.2) is 41.1 Å². The highest BCUT2D eigenvalue weighted by atomic mass is 16.5. The van der Waals surface area contributed by atoms with Crippen LogP contribution >= 0.6 is 0 Å². The van der Waals surface area contributed by atoms with Gasteiger partial charge in [0, 0.05) is 6.07 Å². The monoisotopic (exact) mass is 204 g/mol. The summed E-state index contributed by atoms with van der Waals surface area (Å²) < 4.78 is 4.55. The smallest absolute Gasteiger partial charge is 0.260 e. The molecule has 15 heavy (non-hydrogen) atoms. The normalized spacial score (nSPS) is 9.87. The van der Waals surface area contributed by atoms with Crippen molar-refractivity contribution in [3.8, 4) is 5.75 Å². The number of benzene rings is 1. The number of amides is 1. The molecule has 0 radical (unpaired) electrons. The first kappa shape index (κ1) is 9.26. The molecule has 1 heterocycles. The zero-order valence-electron chi connectivity index (χ0n) is 7.68. The molecule has 0 saturated heterocycles. The van der Waals surface area contributed by atoms with Crippen molar-refractivity contribution >= 4 is 11.7 Å². The molecule has 0 aliphatic rings. The van der Waals surface area contributed by atoms with E-state index < -0.39 is 5.91 Å². The van der Waals surface area contributed by atoms with E-state index in [1.165, 1.54) is 24.5 Å². The molecule has 0 aliphatic heterocycles. The lowest BCUT2D eigenvalue weighted by molar-refractivity contribution is 0.102. The quantitative estimate of drug-likeness (QED) is 0.779. The highest BCUT2D eigenvalue weighted by Gasteiger charge is 2.11. The molecule has 1 amide bonds. The summed E-state index contributed by atoms with van der Waals surface area (Å²) in [7, 11) is 0.